The van der Waals surface area contributed by atoms with E-state index in [4.69, 9.17) is 5.73 Å². The number of hydrogen-bond acceptors (Lipinski definition) is 2. The maximum absolute atomic E-state index is 5.55. The highest BCUT2D eigenvalue weighted by atomic mass is 79.9. The fraction of sp³-hybridized carbons (Fsp3) is 0.400. The lowest BCUT2D eigenvalue weighted by atomic mass is 9.90. The highest BCUT2D eigenvalue weighted by Gasteiger charge is 2.25. The average molecular weight is 241 g/mol. The van der Waals surface area contributed by atoms with E-state index < -0.39 is 0 Å². The fourth-order valence-electron chi connectivity index (χ4n) is 1.84. The molecule has 0 saturated heterocycles. The van der Waals surface area contributed by atoms with Gasteiger partial charge >= 0.3 is 0 Å². The first-order valence-corrected chi connectivity index (χ1v) is 5.32. The van der Waals surface area contributed by atoms with Crippen molar-refractivity contribution in [2.45, 2.75) is 12.8 Å². The minimum absolute atomic E-state index is 0.544. The molecule has 2 aliphatic rings. The van der Waals surface area contributed by atoms with Crippen LogP contribution >= 0.6 is 15.9 Å². The normalized spacial score (nSPS) is 25.7. The summed E-state index contributed by atoms with van der Waals surface area (Å²) in [7, 11) is 0. The van der Waals surface area contributed by atoms with E-state index in [2.05, 4.69) is 39.6 Å². The van der Waals surface area contributed by atoms with E-state index in [1.165, 1.54) is 15.8 Å². The molecule has 0 bridgehead atoms. The van der Waals surface area contributed by atoms with Crippen LogP contribution in [0.4, 0.5) is 0 Å². The summed E-state index contributed by atoms with van der Waals surface area (Å²) in [6.45, 7) is 0.735. The van der Waals surface area contributed by atoms with Crippen molar-refractivity contribution in [3.8, 4) is 0 Å². The third kappa shape index (κ3) is 1.71. The largest absolute Gasteiger partial charge is 0.365 e. The summed E-state index contributed by atoms with van der Waals surface area (Å²) in [5, 5.41) is 3.29. The van der Waals surface area contributed by atoms with Crippen LogP contribution in [-0.2, 0) is 0 Å². The second kappa shape index (κ2) is 3.68. The molecule has 0 fully saturated rings. The maximum Gasteiger partial charge on any atom is 0.0263 e. The van der Waals surface area contributed by atoms with Crippen molar-refractivity contribution in [1.82, 2.24) is 5.32 Å². The van der Waals surface area contributed by atoms with Crippen molar-refractivity contribution in [1.29, 1.82) is 0 Å². The van der Waals surface area contributed by atoms with Gasteiger partial charge in [0.2, 0.25) is 0 Å². The Kier molecular flexibility index (Phi) is 2.56. The second-order valence-electron chi connectivity index (χ2n) is 3.39. The van der Waals surface area contributed by atoms with Crippen LogP contribution in [0.1, 0.15) is 12.8 Å². The molecule has 0 aromatic heterocycles. The van der Waals surface area contributed by atoms with Gasteiger partial charge in [-0.1, -0.05) is 22.0 Å². The molecule has 1 heterocycles. The van der Waals surface area contributed by atoms with Gasteiger partial charge in [0.05, 0.1) is 0 Å². The summed E-state index contributed by atoms with van der Waals surface area (Å²) >= 11 is 3.53. The Morgan fingerprint density at radius 1 is 1.54 bits per heavy atom. The number of hydrogen-bond donors (Lipinski definition) is 2. The predicted octanol–water partition coefficient (Wildman–Crippen LogP) is 2.00. The summed E-state index contributed by atoms with van der Waals surface area (Å²) in [6, 6.07) is 0. The number of allylic oxidation sites excluding steroid dienone is 4. The van der Waals surface area contributed by atoms with Crippen LogP contribution in [-0.4, -0.2) is 6.54 Å². The van der Waals surface area contributed by atoms with E-state index >= 15 is 0 Å². The highest BCUT2D eigenvalue weighted by molar-refractivity contribution is 9.11. The number of fused-ring (bicyclic) bond motifs is 1. The lowest BCUT2D eigenvalue weighted by Crippen LogP contribution is -2.12. The monoisotopic (exact) mass is 240 g/mol. The van der Waals surface area contributed by atoms with Crippen LogP contribution in [0.25, 0.3) is 0 Å². The van der Waals surface area contributed by atoms with E-state index in [9.17, 15) is 0 Å². The topological polar surface area (TPSA) is 38.0 Å². The van der Waals surface area contributed by atoms with E-state index in [0.717, 1.165) is 19.4 Å². The van der Waals surface area contributed by atoms with Crippen molar-refractivity contribution in [2.75, 3.05) is 6.54 Å². The molecule has 0 aromatic carbocycles. The minimum Gasteiger partial charge on any atom is -0.365 e. The van der Waals surface area contributed by atoms with Crippen LogP contribution < -0.4 is 11.1 Å². The van der Waals surface area contributed by atoms with Gasteiger partial charge in [-0.25, -0.2) is 0 Å². The first kappa shape index (κ1) is 9.03. The summed E-state index contributed by atoms with van der Waals surface area (Å²) < 4.78 is 1.27. The molecular weight excluding hydrogens is 228 g/mol. The number of nitrogens with two attached hydrogens (primary N) is 1. The van der Waals surface area contributed by atoms with Crippen molar-refractivity contribution >= 4 is 15.9 Å². The van der Waals surface area contributed by atoms with Gasteiger partial charge in [-0.05, 0) is 35.5 Å². The van der Waals surface area contributed by atoms with Gasteiger partial charge in [0.1, 0.15) is 0 Å². The molecule has 2 rings (SSSR count). The summed E-state index contributed by atoms with van der Waals surface area (Å²) in [5.74, 6) is 0.544. The highest BCUT2D eigenvalue weighted by Crippen LogP contribution is 2.36. The first-order chi connectivity index (χ1) is 6.31. The van der Waals surface area contributed by atoms with Gasteiger partial charge in [0.15, 0.2) is 0 Å². The summed E-state index contributed by atoms with van der Waals surface area (Å²) in [5.41, 5.74) is 8.29. The molecule has 13 heavy (non-hydrogen) atoms. The van der Waals surface area contributed by atoms with Gasteiger partial charge < -0.3 is 11.1 Å². The third-order valence-electron chi connectivity index (χ3n) is 2.52. The Bertz CT molecular complexity index is 302. The van der Waals surface area contributed by atoms with E-state index in [1.54, 1.807) is 0 Å². The van der Waals surface area contributed by atoms with Crippen molar-refractivity contribution in [2.24, 2.45) is 11.7 Å². The standard InChI is InChI=1S/C10H13BrN2/c11-8-1-2-10-9(5-8)7(3-4-12)6-13-10/h1-2,6,9,13H,3-5,12H2. The molecule has 1 aliphatic carbocycles. The van der Waals surface area contributed by atoms with Crippen LogP contribution in [0.2, 0.25) is 0 Å². The zero-order chi connectivity index (χ0) is 9.26. The molecule has 0 saturated carbocycles. The molecule has 1 atom stereocenters. The summed E-state index contributed by atoms with van der Waals surface area (Å²) in [6.07, 6.45) is 8.42. The molecule has 0 amide bonds. The number of nitrogens with one attached hydrogen (secondary N) is 1. The van der Waals surface area contributed by atoms with Gasteiger partial charge in [0.25, 0.3) is 0 Å². The van der Waals surface area contributed by atoms with Crippen LogP contribution in [0.5, 0.6) is 0 Å². The molecular formula is C10H13BrN2. The Morgan fingerprint density at radius 2 is 2.38 bits per heavy atom. The molecule has 0 aromatic rings. The molecule has 1 unspecified atom stereocenters. The Hall–Kier alpha value is -0.540. The Balaban J connectivity index is 2.14. The lowest BCUT2D eigenvalue weighted by molar-refractivity contribution is 0.684. The molecule has 0 spiro atoms. The van der Waals surface area contributed by atoms with Gasteiger partial charge in [-0.15, -0.1) is 0 Å². The zero-order valence-electron chi connectivity index (χ0n) is 7.39. The van der Waals surface area contributed by atoms with Crippen LogP contribution in [0.15, 0.2) is 34.1 Å². The quantitative estimate of drug-likeness (QED) is 0.776. The number of rotatable bonds is 2. The second-order valence-corrected chi connectivity index (χ2v) is 4.41. The van der Waals surface area contributed by atoms with Gasteiger partial charge in [-0.3, -0.25) is 0 Å². The van der Waals surface area contributed by atoms with E-state index in [0.29, 0.717) is 5.92 Å². The van der Waals surface area contributed by atoms with Gasteiger partial charge in [0, 0.05) is 17.8 Å². The Labute approximate surface area is 86.7 Å². The van der Waals surface area contributed by atoms with Crippen LogP contribution in [0.3, 0.4) is 0 Å². The average Bonchev–Trinajstić information content (AvgIpc) is 2.49. The fourth-order valence-corrected chi connectivity index (χ4v) is 2.29. The molecule has 0 radical (unpaired) electrons. The van der Waals surface area contributed by atoms with Crippen molar-refractivity contribution in [3.05, 3.63) is 34.1 Å². The van der Waals surface area contributed by atoms with E-state index in [-0.39, 0.29) is 0 Å². The smallest absolute Gasteiger partial charge is 0.0263 e. The van der Waals surface area contributed by atoms with Crippen molar-refractivity contribution in [3.63, 3.8) is 0 Å². The van der Waals surface area contributed by atoms with Crippen LogP contribution in [0, 0.1) is 5.92 Å². The number of halogens is 1. The molecule has 2 nitrogen and oxygen atoms in total. The third-order valence-corrected chi connectivity index (χ3v) is 3.11. The molecule has 3 N–H and O–H groups in total. The minimum atomic E-state index is 0.544. The van der Waals surface area contributed by atoms with E-state index in [1.807, 2.05) is 0 Å². The zero-order valence-corrected chi connectivity index (χ0v) is 8.97. The molecule has 3 heteroatoms. The molecule has 70 valence electrons. The maximum atomic E-state index is 5.55. The SMILES string of the molecule is NCCC1=CNC2=CC=C(Br)CC12. The van der Waals surface area contributed by atoms with Gasteiger partial charge in [-0.2, -0.15) is 0 Å². The Morgan fingerprint density at radius 3 is 3.15 bits per heavy atom. The predicted molar refractivity (Wildman–Crippen MR) is 58.1 cm³/mol. The molecule has 1 aliphatic heterocycles. The lowest BCUT2D eigenvalue weighted by Gasteiger charge is -2.18. The summed E-state index contributed by atoms with van der Waals surface area (Å²) in [4.78, 5) is 0. The van der Waals surface area contributed by atoms with Crippen molar-refractivity contribution < 1.29 is 0 Å². The first-order valence-electron chi connectivity index (χ1n) is 4.53.